The van der Waals surface area contributed by atoms with Crippen LogP contribution in [0.25, 0.3) is 0 Å². The van der Waals surface area contributed by atoms with E-state index in [0.29, 0.717) is 16.7 Å². The number of carbonyl (C=O) groups excluding carboxylic acids is 3. The van der Waals surface area contributed by atoms with Crippen LogP contribution in [0.15, 0.2) is 54.6 Å². The quantitative estimate of drug-likeness (QED) is 0.439. The second-order valence-electron chi connectivity index (χ2n) is 5.42. The summed E-state index contributed by atoms with van der Waals surface area (Å²) in [5, 5.41) is 0. The van der Waals surface area contributed by atoms with Crippen molar-refractivity contribution in [1.82, 2.24) is 4.90 Å². The highest BCUT2D eigenvalue weighted by molar-refractivity contribution is 6.21. The number of fused-ring (bicyclic) bond motifs is 1. The van der Waals surface area contributed by atoms with Crippen molar-refractivity contribution in [3.63, 3.8) is 0 Å². The molecule has 0 atom stereocenters. The first-order valence-corrected chi connectivity index (χ1v) is 7.93. The molecular formula is C19H17NO5. The van der Waals surface area contributed by atoms with Crippen LogP contribution in [0.1, 0.15) is 31.1 Å². The van der Waals surface area contributed by atoms with Gasteiger partial charge in [-0.05, 0) is 24.3 Å². The number of hydrogen-bond acceptors (Lipinski definition) is 5. The monoisotopic (exact) mass is 339 g/mol. The topological polar surface area (TPSA) is 72.9 Å². The molecule has 0 aromatic heterocycles. The number of ether oxygens (including phenoxy) is 2. The standard InChI is InChI=1S/C19H17NO5/c21-17-15-8-4-5-9-16(15)18(22)20(17)10-11-24-12-13-25-19(23)14-6-2-1-3-7-14/h1-9H,10-13H2. The first-order valence-electron chi connectivity index (χ1n) is 7.93. The van der Waals surface area contributed by atoms with Crippen molar-refractivity contribution in [3.8, 4) is 0 Å². The van der Waals surface area contributed by atoms with E-state index in [1.54, 1.807) is 48.5 Å². The first kappa shape index (κ1) is 16.9. The van der Waals surface area contributed by atoms with Crippen LogP contribution >= 0.6 is 0 Å². The largest absolute Gasteiger partial charge is 0.460 e. The molecule has 1 aliphatic rings. The van der Waals surface area contributed by atoms with Crippen molar-refractivity contribution in [2.24, 2.45) is 0 Å². The molecule has 2 amide bonds. The van der Waals surface area contributed by atoms with E-state index in [2.05, 4.69) is 0 Å². The lowest BCUT2D eigenvalue weighted by atomic mass is 10.1. The molecule has 128 valence electrons. The van der Waals surface area contributed by atoms with Crippen molar-refractivity contribution < 1.29 is 23.9 Å². The average molecular weight is 339 g/mol. The first-order chi connectivity index (χ1) is 12.2. The zero-order valence-corrected chi connectivity index (χ0v) is 13.5. The van der Waals surface area contributed by atoms with Gasteiger partial charge in [-0.1, -0.05) is 30.3 Å². The molecule has 0 unspecified atom stereocenters. The lowest BCUT2D eigenvalue weighted by Gasteiger charge is -2.13. The number of benzene rings is 2. The normalized spacial score (nSPS) is 13.0. The maximum absolute atomic E-state index is 12.2. The molecule has 2 aromatic rings. The molecule has 0 saturated heterocycles. The van der Waals surface area contributed by atoms with Gasteiger partial charge >= 0.3 is 5.97 Å². The molecule has 0 fully saturated rings. The van der Waals surface area contributed by atoms with Crippen molar-refractivity contribution in [2.45, 2.75) is 0 Å². The van der Waals surface area contributed by atoms with Crippen LogP contribution in [-0.2, 0) is 9.47 Å². The summed E-state index contributed by atoms with van der Waals surface area (Å²) < 4.78 is 10.4. The van der Waals surface area contributed by atoms with Crippen LogP contribution in [0, 0.1) is 0 Å². The summed E-state index contributed by atoms with van der Waals surface area (Å²) in [6, 6.07) is 15.4. The van der Waals surface area contributed by atoms with Gasteiger partial charge in [-0.25, -0.2) is 4.79 Å². The molecule has 0 bridgehead atoms. The van der Waals surface area contributed by atoms with Crippen LogP contribution < -0.4 is 0 Å². The van der Waals surface area contributed by atoms with E-state index in [4.69, 9.17) is 9.47 Å². The summed E-state index contributed by atoms with van der Waals surface area (Å²) >= 11 is 0. The summed E-state index contributed by atoms with van der Waals surface area (Å²) in [7, 11) is 0. The highest BCUT2D eigenvalue weighted by Crippen LogP contribution is 2.21. The van der Waals surface area contributed by atoms with Crippen LogP contribution in [0.3, 0.4) is 0 Å². The fraction of sp³-hybridized carbons (Fsp3) is 0.211. The van der Waals surface area contributed by atoms with Crippen LogP contribution in [0.4, 0.5) is 0 Å². The Labute approximate surface area is 145 Å². The van der Waals surface area contributed by atoms with Gasteiger partial charge in [-0.2, -0.15) is 0 Å². The van der Waals surface area contributed by atoms with Gasteiger partial charge in [0.25, 0.3) is 11.8 Å². The van der Waals surface area contributed by atoms with E-state index < -0.39 is 5.97 Å². The number of amides is 2. The molecule has 3 rings (SSSR count). The Kier molecular flexibility index (Phi) is 5.20. The zero-order valence-electron chi connectivity index (χ0n) is 13.5. The van der Waals surface area contributed by atoms with Crippen LogP contribution in [0.2, 0.25) is 0 Å². The van der Waals surface area contributed by atoms with E-state index in [-0.39, 0.29) is 38.2 Å². The Hall–Kier alpha value is -2.99. The molecule has 25 heavy (non-hydrogen) atoms. The number of esters is 1. The molecule has 2 aromatic carbocycles. The SMILES string of the molecule is O=C(OCCOCCN1C(=O)c2ccccc2C1=O)c1ccccc1. The molecule has 1 aliphatic heterocycles. The number of rotatable bonds is 7. The number of carbonyl (C=O) groups is 3. The van der Waals surface area contributed by atoms with Gasteiger partial charge < -0.3 is 9.47 Å². The zero-order chi connectivity index (χ0) is 17.6. The van der Waals surface area contributed by atoms with Gasteiger partial charge in [0.1, 0.15) is 6.61 Å². The number of hydrogen-bond donors (Lipinski definition) is 0. The second kappa shape index (κ2) is 7.72. The third-order valence-corrected chi connectivity index (χ3v) is 3.81. The van der Waals surface area contributed by atoms with Crippen molar-refractivity contribution in [2.75, 3.05) is 26.4 Å². The number of nitrogens with zero attached hydrogens (tertiary/aromatic N) is 1. The highest BCUT2D eigenvalue weighted by atomic mass is 16.6. The third-order valence-electron chi connectivity index (χ3n) is 3.81. The molecule has 6 heteroatoms. The van der Waals surface area contributed by atoms with E-state index >= 15 is 0 Å². The van der Waals surface area contributed by atoms with Crippen molar-refractivity contribution in [3.05, 3.63) is 71.3 Å². The fourth-order valence-corrected chi connectivity index (χ4v) is 2.55. The lowest BCUT2D eigenvalue weighted by molar-refractivity contribution is 0.0283. The lowest BCUT2D eigenvalue weighted by Crippen LogP contribution is -2.33. The minimum atomic E-state index is -0.412. The van der Waals surface area contributed by atoms with Crippen molar-refractivity contribution in [1.29, 1.82) is 0 Å². The molecule has 0 spiro atoms. The Morgan fingerprint density at radius 3 is 2.04 bits per heavy atom. The summed E-state index contributed by atoms with van der Waals surface area (Å²) in [5.74, 6) is -1.02. The average Bonchev–Trinajstić information content (AvgIpc) is 2.90. The van der Waals surface area contributed by atoms with Gasteiger partial charge in [-0.15, -0.1) is 0 Å². The van der Waals surface area contributed by atoms with Gasteiger partial charge in [0.05, 0.1) is 36.4 Å². The van der Waals surface area contributed by atoms with Gasteiger partial charge in [-0.3, -0.25) is 14.5 Å². The molecule has 0 N–H and O–H groups in total. The highest BCUT2D eigenvalue weighted by Gasteiger charge is 2.34. The Morgan fingerprint density at radius 1 is 0.800 bits per heavy atom. The predicted octanol–water partition coefficient (Wildman–Crippen LogP) is 2.16. The Balaban J connectivity index is 1.38. The summed E-state index contributed by atoms with van der Waals surface area (Å²) in [6.45, 7) is 0.658. The summed E-state index contributed by atoms with van der Waals surface area (Å²) in [6.07, 6.45) is 0. The fourth-order valence-electron chi connectivity index (χ4n) is 2.55. The maximum Gasteiger partial charge on any atom is 0.338 e. The predicted molar refractivity (Wildman–Crippen MR) is 89.4 cm³/mol. The van der Waals surface area contributed by atoms with Gasteiger partial charge in [0, 0.05) is 0 Å². The van der Waals surface area contributed by atoms with Gasteiger partial charge in [0.15, 0.2) is 0 Å². The Morgan fingerprint density at radius 2 is 1.40 bits per heavy atom. The van der Waals surface area contributed by atoms with E-state index in [1.807, 2.05) is 6.07 Å². The molecule has 0 aliphatic carbocycles. The van der Waals surface area contributed by atoms with E-state index in [9.17, 15) is 14.4 Å². The molecule has 1 heterocycles. The minimum absolute atomic E-state index is 0.107. The van der Waals surface area contributed by atoms with Crippen molar-refractivity contribution >= 4 is 17.8 Å². The molecule has 0 radical (unpaired) electrons. The smallest absolute Gasteiger partial charge is 0.338 e. The Bertz CT molecular complexity index is 752. The molecule has 6 nitrogen and oxygen atoms in total. The maximum atomic E-state index is 12.2. The summed E-state index contributed by atoms with van der Waals surface area (Å²) in [5.41, 5.74) is 1.32. The number of imide groups is 1. The van der Waals surface area contributed by atoms with E-state index in [0.717, 1.165) is 0 Å². The molecular weight excluding hydrogens is 322 g/mol. The summed E-state index contributed by atoms with van der Waals surface area (Å²) in [4.78, 5) is 37.2. The van der Waals surface area contributed by atoms with Gasteiger partial charge in [0.2, 0.25) is 0 Å². The minimum Gasteiger partial charge on any atom is -0.460 e. The van der Waals surface area contributed by atoms with Crippen LogP contribution in [-0.4, -0.2) is 49.0 Å². The molecule has 0 saturated carbocycles. The van der Waals surface area contributed by atoms with E-state index in [1.165, 1.54) is 4.90 Å². The second-order valence-corrected chi connectivity index (χ2v) is 5.42. The van der Waals surface area contributed by atoms with Crippen LogP contribution in [0.5, 0.6) is 0 Å². The third kappa shape index (κ3) is 3.75.